The molecule has 0 spiro atoms. The topological polar surface area (TPSA) is 69.3 Å². The minimum atomic E-state index is -0.354. The third-order valence-electron chi connectivity index (χ3n) is 5.29. The lowest BCUT2D eigenvalue weighted by Crippen LogP contribution is -2.39. The summed E-state index contributed by atoms with van der Waals surface area (Å²) < 4.78 is 13.8. The number of aromatic nitrogens is 2. The van der Waals surface area contributed by atoms with Crippen LogP contribution in [0.25, 0.3) is 0 Å². The van der Waals surface area contributed by atoms with E-state index >= 15 is 0 Å². The molecule has 1 N–H and O–H groups in total. The lowest BCUT2D eigenvalue weighted by Gasteiger charge is -2.27. The SMILES string of the molecule is Cc1[nH]ncc1C(=O)N1CCC[C@H](N(C)C(=O)Cc2ccccc2F)CC1. The van der Waals surface area contributed by atoms with Gasteiger partial charge in [0.1, 0.15) is 5.82 Å². The Morgan fingerprint density at radius 2 is 2.07 bits per heavy atom. The number of hydrogen-bond donors (Lipinski definition) is 1. The second-order valence-electron chi connectivity index (χ2n) is 7.06. The summed E-state index contributed by atoms with van der Waals surface area (Å²) in [6, 6.07) is 6.41. The van der Waals surface area contributed by atoms with Crippen LogP contribution >= 0.6 is 0 Å². The number of carbonyl (C=O) groups is 2. The molecule has 27 heavy (non-hydrogen) atoms. The molecule has 0 unspecified atom stereocenters. The summed E-state index contributed by atoms with van der Waals surface area (Å²) in [4.78, 5) is 28.8. The molecule has 3 rings (SSSR count). The monoisotopic (exact) mass is 372 g/mol. The van der Waals surface area contributed by atoms with Crippen molar-refractivity contribution in [2.24, 2.45) is 0 Å². The fourth-order valence-corrected chi connectivity index (χ4v) is 3.54. The minimum absolute atomic E-state index is 0.0257. The average molecular weight is 372 g/mol. The van der Waals surface area contributed by atoms with Crippen LogP contribution in [0.2, 0.25) is 0 Å². The number of likely N-dealkylation sites (N-methyl/N-ethyl adjacent to an activating group) is 1. The maximum Gasteiger partial charge on any atom is 0.257 e. The molecule has 7 heteroatoms. The highest BCUT2D eigenvalue weighted by atomic mass is 19.1. The van der Waals surface area contributed by atoms with Gasteiger partial charge in [0.2, 0.25) is 5.91 Å². The molecule has 144 valence electrons. The molecule has 1 atom stereocenters. The standard InChI is InChI=1S/C20H25FN4O2/c1-14-17(13-22-23-14)20(27)25-10-5-7-16(9-11-25)24(2)19(26)12-15-6-3-4-8-18(15)21/h3-4,6,8,13,16H,5,7,9-12H2,1-2H3,(H,22,23)/t16-/m0/s1. The van der Waals surface area contributed by atoms with E-state index in [9.17, 15) is 14.0 Å². The van der Waals surface area contributed by atoms with E-state index in [1.807, 2.05) is 11.8 Å². The molecule has 1 fully saturated rings. The van der Waals surface area contributed by atoms with Gasteiger partial charge < -0.3 is 9.80 Å². The molecule has 6 nitrogen and oxygen atoms in total. The molecule has 2 amide bonds. The quantitative estimate of drug-likeness (QED) is 0.897. The van der Waals surface area contributed by atoms with Crippen LogP contribution in [0.3, 0.4) is 0 Å². The predicted molar refractivity (Wildman–Crippen MR) is 99.7 cm³/mol. The van der Waals surface area contributed by atoms with E-state index in [-0.39, 0.29) is 30.1 Å². The Kier molecular flexibility index (Phi) is 5.88. The second kappa shape index (κ2) is 8.33. The van der Waals surface area contributed by atoms with Gasteiger partial charge in [0.25, 0.3) is 5.91 Å². The zero-order valence-electron chi connectivity index (χ0n) is 15.7. The summed E-state index contributed by atoms with van der Waals surface area (Å²) in [6.45, 7) is 3.08. The zero-order valence-corrected chi connectivity index (χ0v) is 15.7. The molecule has 0 aliphatic carbocycles. The molecule has 0 saturated carbocycles. The van der Waals surface area contributed by atoms with Crippen LogP contribution in [0.15, 0.2) is 30.5 Å². The van der Waals surface area contributed by atoms with E-state index in [4.69, 9.17) is 0 Å². The fraction of sp³-hybridized carbons (Fsp3) is 0.450. The molecule has 1 aromatic heterocycles. The van der Waals surface area contributed by atoms with Gasteiger partial charge in [0, 0.05) is 31.9 Å². The summed E-state index contributed by atoms with van der Waals surface area (Å²) in [5, 5.41) is 6.71. The summed E-state index contributed by atoms with van der Waals surface area (Å²) in [5.74, 6) is -0.481. The molecule has 1 aliphatic rings. The lowest BCUT2D eigenvalue weighted by molar-refractivity contribution is -0.131. The highest BCUT2D eigenvalue weighted by Crippen LogP contribution is 2.19. The number of rotatable bonds is 4. The number of H-pyrrole nitrogens is 1. The zero-order chi connectivity index (χ0) is 19.4. The van der Waals surface area contributed by atoms with Gasteiger partial charge in [-0.25, -0.2) is 4.39 Å². The van der Waals surface area contributed by atoms with Crippen molar-refractivity contribution >= 4 is 11.8 Å². The number of amides is 2. The van der Waals surface area contributed by atoms with Crippen LogP contribution in [-0.4, -0.2) is 58.0 Å². The molecule has 2 aromatic rings. The first-order valence-corrected chi connectivity index (χ1v) is 9.25. The highest BCUT2D eigenvalue weighted by Gasteiger charge is 2.27. The number of nitrogens with zero attached hydrogens (tertiary/aromatic N) is 3. The van der Waals surface area contributed by atoms with Crippen LogP contribution in [0, 0.1) is 12.7 Å². The van der Waals surface area contributed by atoms with E-state index in [1.165, 1.54) is 6.07 Å². The first-order valence-electron chi connectivity index (χ1n) is 9.25. The molecule has 1 saturated heterocycles. The van der Waals surface area contributed by atoms with E-state index in [2.05, 4.69) is 10.2 Å². The van der Waals surface area contributed by atoms with Gasteiger partial charge in [0.05, 0.1) is 18.2 Å². The molecular formula is C20H25FN4O2. The van der Waals surface area contributed by atoms with E-state index in [1.54, 1.807) is 36.3 Å². The van der Waals surface area contributed by atoms with Crippen molar-refractivity contribution in [3.63, 3.8) is 0 Å². The Labute approximate surface area is 158 Å². The average Bonchev–Trinajstić information content (AvgIpc) is 2.94. The third-order valence-corrected chi connectivity index (χ3v) is 5.29. The van der Waals surface area contributed by atoms with Gasteiger partial charge in [-0.1, -0.05) is 18.2 Å². The first-order chi connectivity index (χ1) is 13.0. The summed E-state index contributed by atoms with van der Waals surface area (Å²) in [5.41, 5.74) is 1.77. The van der Waals surface area contributed by atoms with Crippen molar-refractivity contribution in [1.29, 1.82) is 0 Å². The van der Waals surface area contributed by atoms with Gasteiger partial charge in [-0.3, -0.25) is 14.7 Å². The Morgan fingerprint density at radius 3 is 2.78 bits per heavy atom. The lowest BCUT2D eigenvalue weighted by atomic mass is 10.1. The number of nitrogens with one attached hydrogen (secondary N) is 1. The third kappa shape index (κ3) is 4.35. The Balaban J connectivity index is 1.60. The van der Waals surface area contributed by atoms with Crippen molar-refractivity contribution < 1.29 is 14.0 Å². The van der Waals surface area contributed by atoms with Crippen LogP contribution < -0.4 is 0 Å². The summed E-state index contributed by atoms with van der Waals surface area (Å²) in [7, 11) is 1.77. The number of hydrogen-bond acceptors (Lipinski definition) is 3. The first kappa shape index (κ1) is 19.1. The van der Waals surface area contributed by atoms with Crippen LogP contribution in [-0.2, 0) is 11.2 Å². The van der Waals surface area contributed by atoms with Crippen LogP contribution in [0.1, 0.15) is 40.9 Å². The maximum absolute atomic E-state index is 13.8. The van der Waals surface area contributed by atoms with Crippen molar-refractivity contribution in [3.8, 4) is 0 Å². The highest BCUT2D eigenvalue weighted by molar-refractivity contribution is 5.95. The molecule has 2 heterocycles. The summed E-state index contributed by atoms with van der Waals surface area (Å²) >= 11 is 0. The van der Waals surface area contributed by atoms with Gasteiger partial charge >= 0.3 is 0 Å². The minimum Gasteiger partial charge on any atom is -0.342 e. The number of likely N-dealkylation sites (tertiary alicyclic amines) is 1. The molecule has 0 radical (unpaired) electrons. The van der Waals surface area contributed by atoms with Gasteiger partial charge in [-0.05, 0) is 37.8 Å². The predicted octanol–water partition coefficient (Wildman–Crippen LogP) is 2.55. The van der Waals surface area contributed by atoms with Crippen LogP contribution in [0.4, 0.5) is 4.39 Å². The number of aromatic amines is 1. The van der Waals surface area contributed by atoms with Gasteiger partial charge in [-0.2, -0.15) is 5.10 Å². The Morgan fingerprint density at radius 1 is 1.30 bits per heavy atom. The van der Waals surface area contributed by atoms with Gasteiger partial charge in [-0.15, -0.1) is 0 Å². The van der Waals surface area contributed by atoms with E-state index in [0.717, 1.165) is 18.5 Å². The van der Waals surface area contributed by atoms with Crippen molar-refractivity contribution in [2.45, 2.75) is 38.6 Å². The number of carbonyl (C=O) groups excluding carboxylic acids is 2. The normalized spacial score (nSPS) is 17.4. The van der Waals surface area contributed by atoms with Crippen LogP contribution in [0.5, 0.6) is 0 Å². The Hall–Kier alpha value is -2.70. The molecule has 1 aliphatic heterocycles. The number of halogens is 1. The largest absolute Gasteiger partial charge is 0.342 e. The van der Waals surface area contributed by atoms with Crippen molar-refractivity contribution in [1.82, 2.24) is 20.0 Å². The molecule has 0 bridgehead atoms. The van der Waals surface area contributed by atoms with Gasteiger partial charge in [0.15, 0.2) is 0 Å². The molecular weight excluding hydrogens is 347 g/mol. The second-order valence-corrected chi connectivity index (χ2v) is 7.06. The number of benzene rings is 1. The van der Waals surface area contributed by atoms with E-state index in [0.29, 0.717) is 30.6 Å². The van der Waals surface area contributed by atoms with E-state index < -0.39 is 0 Å². The van der Waals surface area contributed by atoms with Crippen molar-refractivity contribution in [3.05, 3.63) is 53.1 Å². The summed E-state index contributed by atoms with van der Waals surface area (Å²) in [6.07, 6.45) is 3.97. The Bertz CT molecular complexity index is 820. The smallest absolute Gasteiger partial charge is 0.257 e. The fourth-order valence-electron chi connectivity index (χ4n) is 3.54. The maximum atomic E-state index is 13.8. The number of aryl methyl sites for hydroxylation is 1. The van der Waals surface area contributed by atoms with Crippen molar-refractivity contribution in [2.75, 3.05) is 20.1 Å². The molecule has 1 aromatic carbocycles.